The fourth-order valence-corrected chi connectivity index (χ4v) is 3.62. The van der Waals surface area contributed by atoms with Crippen molar-refractivity contribution in [1.82, 2.24) is 14.8 Å². The number of anilines is 2. The van der Waals surface area contributed by atoms with E-state index in [0.29, 0.717) is 16.7 Å². The molecule has 0 bridgehead atoms. The first kappa shape index (κ1) is 24.3. The van der Waals surface area contributed by atoms with Crippen LogP contribution in [0.25, 0.3) is 0 Å². The Kier molecular flexibility index (Phi) is 7.42. The maximum Gasteiger partial charge on any atom is 0.416 e. The molecule has 2 N–H and O–H groups in total. The SMILES string of the molecule is Cc1ccc(NC(=O)Cc2nnc(SCC(=O)Nc3cccc(C(F)(F)F)c3)n2C)cc1C. The molecule has 0 saturated heterocycles. The summed E-state index contributed by atoms with van der Waals surface area (Å²) >= 11 is 1.06. The predicted molar refractivity (Wildman–Crippen MR) is 120 cm³/mol. The van der Waals surface area contributed by atoms with E-state index in [2.05, 4.69) is 20.8 Å². The van der Waals surface area contributed by atoms with E-state index in [1.165, 1.54) is 12.1 Å². The molecule has 2 amide bonds. The van der Waals surface area contributed by atoms with Gasteiger partial charge in [-0.3, -0.25) is 9.59 Å². The molecule has 0 spiro atoms. The number of aryl methyl sites for hydroxylation is 2. The van der Waals surface area contributed by atoms with Crippen molar-refractivity contribution in [2.75, 3.05) is 16.4 Å². The first-order valence-corrected chi connectivity index (χ1v) is 10.9. The van der Waals surface area contributed by atoms with Gasteiger partial charge >= 0.3 is 6.18 Å². The van der Waals surface area contributed by atoms with Gasteiger partial charge in [-0.1, -0.05) is 23.9 Å². The van der Waals surface area contributed by atoms with Crippen LogP contribution in [0.15, 0.2) is 47.6 Å². The molecule has 11 heteroatoms. The maximum absolute atomic E-state index is 12.8. The lowest BCUT2D eigenvalue weighted by Gasteiger charge is -2.10. The zero-order chi connectivity index (χ0) is 24.2. The molecule has 174 valence electrons. The molecule has 2 aromatic carbocycles. The van der Waals surface area contributed by atoms with Gasteiger partial charge in [-0.25, -0.2) is 0 Å². The number of halogens is 3. The highest BCUT2D eigenvalue weighted by Gasteiger charge is 2.30. The predicted octanol–water partition coefficient (Wildman–Crippen LogP) is 4.36. The smallest absolute Gasteiger partial charge is 0.326 e. The number of hydrogen-bond acceptors (Lipinski definition) is 5. The number of carbonyl (C=O) groups excluding carboxylic acids is 2. The second-order valence-corrected chi connectivity index (χ2v) is 8.34. The molecule has 3 rings (SSSR count). The van der Waals surface area contributed by atoms with Gasteiger partial charge < -0.3 is 15.2 Å². The normalized spacial score (nSPS) is 11.3. The largest absolute Gasteiger partial charge is 0.416 e. The minimum atomic E-state index is -4.49. The summed E-state index contributed by atoms with van der Waals surface area (Å²) in [6.45, 7) is 3.94. The highest BCUT2D eigenvalue weighted by Crippen LogP contribution is 2.30. The van der Waals surface area contributed by atoms with Gasteiger partial charge in [0.15, 0.2) is 5.16 Å². The lowest BCUT2D eigenvalue weighted by atomic mass is 10.1. The van der Waals surface area contributed by atoms with Crippen LogP contribution in [0.1, 0.15) is 22.5 Å². The summed E-state index contributed by atoms with van der Waals surface area (Å²) in [4.78, 5) is 24.5. The van der Waals surface area contributed by atoms with Gasteiger partial charge in [0.25, 0.3) is 0 Å². The number of nitrogens with zero attached hydrogens (tertiary/aromatic N) is 3. The van der Waals surface area contributed by atoms with Crippen molar-refractivity contribution in [3.63, 3.8) is 0 Å². The Bertz CT molecular complexity index is 1180. The molecule has 0 atom stereocenters. The first-order valence-electron chi connectivity index (χ1n) is 9.88. The van der Waals surface area contributed by atoms with Crippen LogP contribution in [0.3, 0.4) is 0 Å². The molecular formula is C22H22F3N5O2S. The van der Waals surface area contributed by atoms with Crippen LogP contribution >= 0.6 is 11.8 Å². The summed E-state index contributed by atoms with van der Waals surface area (Å²) in [6, 6.07) is 10.0. The fourth-order valence-electron chi connectivity index (χ4n) is 2.89. The number of alkyl halides is 3. The Morgan fingerprint density at radius 3 is 2.36 bits per heavy atom. The summed E-state index contributed by atoms with van der Waals surface area (Å²) in [7, 11) is 1.67. The van der Waals surface area contributed by atoms with Crippen LogP contribution in [0.5, 0.6) is 0 Å². The zero-order valence-electron chi connectivity index (χ0n) is 18.2. The van der Waals surface area contributed by atoms with E-state index in [9.17, 15) is 22.8 Å². The Morgan fingerprint density at radius 2 is 1.67 bits per heavy atom. The average molecular weight is 478 g/mol. The van der Waals surface area contributed by atoms with Gasteiger partial charge in [0.1, 0.15) is 5.82 Å². The van der Waals surface area contributed by atoms with E-state index >= 15 is 0 Å². The number of aromatic nitrogens is 3. The molecule has 0 radical (unpaired) electrons. The topological polar surface area (TPSA) is 88.9 Å². The lowest BCUT2D eigenvalue weighted by molar-refractivity contribution is -0.137. The number of nitrogens with one attached hydrogen (secondary N) is 2. The Hall–Kier alpha value is -3.34. The van der Waals surface area contributed by atoms with Crippen LogP contribution in [-0.4, -0.2) is 32.3 Å². The Balaban J connectivity index is 1.54. The van der Waals surface area contributed by atoms with Crippen molar-refractivity contribution >= 4 is 35.0 Å². The molecule has 33 heavy (non-hydrogen) atoms. The van der Waals surface area contributed by atoms with Gasteiger partial charge in [-0.05, 0) is 55.3 Å². The van der Waals surface area contributed by atoms with Crippen molar-refractivity contribution < 1.29 is 22.8 Å². The zero-order valence-corrected chi connectivity index (χ0v) is 19.0. The molecular weight excluding hydrogens is 455 g/mol. The van der Waals surface area contributed by atoms with Crippen LogP contribution in [0.4, 0.5) is 24.5 Å². The molecule has 3 aromatic rings. The van der Waals surface area contributed by atoms with Crippen molar-refractivity contribution in [3.05, 3.63) is 65.0 Å². The van der Waals surface area contributed by atoms with Crippen molar-refractivity contribution in [3.8, 4) is 0 Å². The van der Waals surface area contributed by atoms with E-state index in [1.807, 2.05) is 32.0 Å². The molecule has 1 aromatic heterocycles. The van der Waals surface area contributed by atoms with Gasteiger partial charge in [-0.15, -0.1) is 10.2 Å². The van der Waals surface area contributed by atoms with Gasteiger partial charge in [0.05, 0.1) is 17.7 Å². The summed E-state index contributed by atoms with van der Waals surface area (Å²) in [5.41, 5.74) is 2.09. The maximum atomic E-state index is 12.8. The van der Waals surface area contributed by atoms with Crippen molar-refractivity contribution in [2.45, 2.75) is 31.6 Å². The minimum Gasteiger partial charge on any atom is -0.326 e. The third-order valence-corrected chi connectivity index (χ3v) is 5.86. The molecule has 0 fully saturated rings. The second-order valence-electron chi connectivity index (χ2n) is 7.40. The molecule has 0 aliphatic heterocycles. The fraction of sp³-hybridized carbons (Fsp3) is 0.273. The number of rotatable bonds is 7. The van der Waals surface area contributed by atoms with Gasteiger partial charge in [0.2, 0.25) is 11.8 Å². The van der Waals surface area contributed by atoms with E-state index in [0.717, 1.165) is 35.0 Å². The number of hydrogen-bond donors (Lipinski definition) is 2. The Morgan fingerprint density at radius 1 is 0.970 bits per heavy atom. The minimum absolute atomic E-state index is 0.00653. The summed E-state index contributed by atoms with van der Waals surface area (Å²) in [5, 5.41) is 13.7. The van der Waals surface area contributed by atoms with Crippen molar-refractivity contribution in [1.29, 1.82) is 0 Å². The number of carbonyl (C=O) groups is 2. The molecule has 1 heterocycles. The standard InChI is InChI=1S/C22H22F3N5O2S/c1-13-7-8-17(9-14(13)2)26-19(31)11-18-28-29-21(30(18)3)33-12-20(32)27-16-6-4-5-15(10-16)22(23,24)25/h4-10H,11-12H2,1-3H3,(H,26,31)(H,27,32). The molecule has 7 nitrogen and oxygen atoms in total. The molecule has 0 saturated carbocycles. The second kappa shape index (κ2) is 10.1. The molecule has 0 aliphatic rings. The van der Waals surface area contributed by atoms with Crippen LogP contribution < -0.4 is 10.6 Å². The summed E-state index contributed by atoms with van der Waals surface area (Å²) in [5.74, 6) is -0.419. The lowest BCUT2D eigenvalue weighted by Crippen LogP contribution is -2.17. The monoisotopic (exact) mass is 477 g/mol. The summed E-state index contributed by atoms with van der Waals surface area (Å²) in [6.07, 6.45) is -4.50. The number of benzene rings is 2. The third kappa shape index (κ3) is 6.58. The first-order chi connectivity index (χ1) is 15.5. The number of amides is 2. The number of thioether (sulfide) groups is 1. The van der Waals surface area contributed by atoms with Crippen LogP contribution in [0, 0.1) is 13.8 Å². The van der Waals surface area contributed by atoms with Gasteiger partial charge in [-0.2, -0.15) is 13.2 Å². The van der Waals surface area contributed by atoms with E-state index in [4.69, 9.17) is 0 Å². The highest BCUT2D eigenvalue weighted by atomic mass is 32.2. The third-order valence-electron chi connectivity index (χ3n) is 4.84. The summed E-state index contributed by atoms with van der Waals surface area (Å²) < 4.78 is 40.0. The van der Waals surface area contributed by atoms with Crippen LogP contribution in [0.2, 0.25) is 0 Å². The average Bonchev–Trinajstić information content (AvgIpc) is 3.08. The van der Waals surface area contributed by atoms with E-state index in [1.54, 1.807) is 11.6 Å². The Labute approximate surface area is 192 Å². The quantitative estimate of drug-likeness (QED) is 0.494. The molecule has 0 unspecified atom stereocenters. The van der Waals surface area contributed by atoms with E-state index in [-0.39, 0.29) is 23.8 Å². The molecule has 0 aliphatic carbocycles. The van der Waals surface area contributed by atoms with Gasteiger partial charge in [0, 0.05) is 18.4 Å². The highest BCUT2D eigenvalue weighted by molar-refractivity contribution is 7.99. The van der Waals surface area contributed by atoms with Crippen molar-refractivity contribution in [2.24, 2.45) is 7.05 Å². The van der Waals surface area contributed by atoms with E-state index < -0.39 is 17.6 Å². The van der Waals surface area contributed by atoms with Crippen LogP contribution in [-0.2, 0) is 29.2 Å².